The van der Waals surface area contributed by atoms with Crippen molar-refractivity contribution in [1.29, 1.82) is 0 Å². The fourth-order valence-electron chi connectivity index (χ4n) is 4.97. The average molecular weight is 504 g/mol. The molecule has 1 N–H and O–H groups in total. The Morgan fingerprint density at radius 3 is 1.61 bits per heavy atom. The number of anilines is 1. The lowest BCUT2D eigenvalue weighted by molar-refractivity contribution is -2.00. The summed E-state index contributed by atoms with van der Waals surface area (Å²) in [6, 6.07) is 26.4. The van der Waals surface area contributed by atoms with Gasteiger partial charge in [-0.2, -0.15) is 0 Å². The second kappa shape index (κ2) is 9.81. The number of para-hydroxylation sites is 1. The third kappa shape index (κ3) is 5.02. The first-order valence-corrected chi connectivity index (χ1v) is 12.7. The summed E-state index contributed by atoms with van der Waals surface area (Å²) in [5, 5.41) is 3.13. The highest BCUT2D eigenvalue weighted by Crippen LogP contribution is 2.44. The van der Waals surface area contributed by atoms with Crippen molar-refractivity contribution in [3.63, 3.8) is 0 Å². The Morgan fingerprint density at radius 2 is 1.11 bits per heavy atom. The van der Waals surface area contributed by atoms with Crippen LogP contribution in [0.3, 0.4) is 0 Å². The molecule has 8 heteroatoms. The van der Waals surface area contributed by atoms with E-state index in [0.29, 0.717) is 0 Å². The van der Waals surface area contributed by atoms with Gasteiger partial charge < -0.3 is 5.32 Å². The summed E-state index contributed by atoms with van der Waals surface area (Å²) in [5.41, 5.74) is 8.42. The van der Waals surface area contributed by atoms with Gasteiger partial charge in [-0.1, -0.05) is 54.6 Å². The predicted octanol–water partition coefficient (Wildman–Crippen LogP) is 1.59. The number of fused-ring (bicyclic) bond motifs is 6. The highest BCUT2D eigenvalue weighted by atomic mass is 35.7. The molecule has 2 aliphatic carbocycles. The fourth-order valence-corrected chi connectivity index (χ4v) is 4.97. The van der Waals surface area contributed by atoms with Crippen molar-refractivity contribution < 1.29 is 38.1 Å². The molecule has 0 spiro atoms. The molecule has 0 bridgehead atoms. The Bertz CT molecular complexity index is 1350. The van der Waals surface area contributed by atoms with E-state index < -0.39 is 10.2 Å². The molecule has 0 atom stereocenters. The van der Waals surface area contributed by atoms with E-state index in [1.54, 1.807) is 0 Å². The molecule has 0 aliphatic heterocycles. The summed E-state index contributed by atoms with van der Waals surface area (Å²) in [6.07, 6.45) is 3.45. The second-order valence-corrected chi connectivity index (χ2v) is 9.36. The van der Waals surface area contributed by atoms with Crippen LogP contribution in [-0.2, 0) is 25.7 Å². The van der Waals surface area contributed by atoms with Crippen LogP contribution in [0.15, 0.2) is 83.3 Å². The minimum atomic E-state index is -4.94. The van der Waals surface area contributed by atoms with Crippen LogP contribution < -0.4 is 24.0 Å². The van der Waals surface area contributed by atoms with E-state index in [-0.39, 0.29) is 5.91 Å². The molecule has 7 nitrogen and oxygen atoms in total. The largest absolute Gasteiger partial charge is 0.365 e. The monoisotopic (exact) mass is 503 g/mol. The highest BCUT2D eigenvalue weighted by molar-refractivity contribution is 6.08. The molecule has 4 aromatic rings. The molecule has 182 valence electrons. The number of rotatable bonds is 2. The normalized spacial score (nSPS) is 13.2. The number of halogens is 1. The first-order chi connectivity index (χ1) is 17.3. The number of carbonyl (C=O) groups is 1. The highest BCUT2D eigenvalue weighted by Gasteiger charge is 2.39. The standard InChI is InChI=1S/C28H21NO2.ClHO4/c30-28(29-20-10-2-1-3-11-20)25-23-16-14-18-8-4-6-12-21(18)26(23)31-27-22-13-7-5-9-19(22)15-17-24(25)27;2-1(3,4)5/h1-13H,14-17H2;(H,2,3,4,5). The van der Waals surface area contributed by atoms with Gasteiger partial charge in [0.05, 0.1) is 27.8 Å². The summed E-state index contributed by atoms with van der Waals surface area (Å²) < 4.78 is 40.6. The molecule has 36 heavy (non-hydrogen) atoms. The van der Waals surface area contributed by atoms with E-state index in [4.69, 9.17) is 23.1 Å². The lowest BCUT2D eigenvalue weighted by Crippen LogP contribution is -2.68. The zero-order valence-corrected chi connectivity index (χ0v) is 19.9. The third-order valence-corrected chi connectivity index (χ3v) is 6.43. The van der Waals surface area contributed by atoms with E-state index in [1.807, 2.05) is 42.5 Å². The molecule has 0 radical (unpaired) electrons. The lowest BCUT2D eigenvalue weighted by Gasteiger charge is -2.21. The smallest absolute Gasteiger partial charge is 0.322 e. The van der Waals surface area contributed by atoms with Crippen molar-refractivity contribution in [3.8, 4) is 22.6 Å². The Labute approximate surface area is 210 Å². The third-order valence-electron chi connectivity index (χ3n) is 6.43. The molecule has 6 rings (SSSR count). The van der Waals surface area contributed by atoms with Crippen LogP contribution in [0.4, 0.5) is 5.69 Å². The SMILES string of the molecule is O=C(Nc1ccccc1)c1c2c([o+]c3c1CCc1ccccc1-3)-c1ccccc1CC2.[O-][Cl+3]([O-])([O-])[O-]. The molecule has 1 aromatic heterocycles. The molecule has 0 fully saturated rings. The van der Waals surface area contributed by atoms with Gasteiger partial charge in [0.15, 0.2) is 0 Å². The summed E-state index contributed by atoms with van der Waals surface area (Å²) in [5.74, 6) is 1.64. The van der Waals surface area contributed by atoms with E-state index in [2.05, 4.69) is 41.7 Å². The predicted molar refractivity (Wildman–Crippen MR) is 123 cm³/mol. The van der Waals surface area contributed by atoms with Crippen molar-refractivity contribution in [2.45, 2.75) is 25.7 Å². The maximum Gasteiger partial charge on any atom is 0.365 e. The van der Waals surface area contributed by atoms with Gasteiger partial charge in [0.1, 0.15) is 0 Å². The van der Waals surface area contributed by atoms with E-state index in [0.717, 1.165) is 70.7 Å². The molecule has 3 aromatic carbocycles. The summed E-state index contributed by atoms with van der Waals surface area (Å²) in [7, 11) is -4.94. The lowest BCUT2D eigenvalue weighted by atomic mass is 9.81. The van der Waals surface area contributed by atoms with Crippen LogP contribution in [0, 0.1) is 10.2 Å². The van der Waals surface area contributed by atoms with Gasteiger partial charge in [-0.15, -0.1) is 10.2 Å². The van der Waals surface area contributed by atoms with Gasteiger partial charge in [0.2, 0.25) is 0 Å². The summed E-state index contributed by atoms with van der Waals surface area (Å²) in [4.78, 5) is 13.6. The van der Waals surface area contributed by atoms with Crippen LogP contribution in [0.2, 0.25) is 0 Å². The molecular formula is C28H22ClNO6. The van der Waals surface area contributed by atoms with Gasteiger partial charge >= 0.3 is 11.5 Å². The quantitative estimate of drug-likeness (QED) is 0.413. The minimum Gasteiger partial charge on any atom is -0.322 e. The number of nitrogens with one attached hydrogen (secondary N) is 1. The van der Waals surface area contributed by atoms with E-state index >= 15 is 0 Å². The van der Waals surface area contributed by atoms with Gasteiger partial charge in [0.25, 0.3) is 5.91 Å². The minimum absolute atomic E-state index is 0.0479. The Kier molecular flexibility index (Phi) is 6.57. The number of hydrogen-bond acceptors (Lipinski definition) is 5. The van der Waals surface area contributed by atoms with Crippen LogP contribution in [0.25, 0.3) is 22.6 Å². The summed E-state index contributed by atoms with van der Waals surface area (Å²) in [6.45, 7) is 0. The number of aryl methyl sites for hydroxylation is 2. The van der Waals surface area contributed by atoms with E-state index in [9.17, 15) is 4.79 Å². The maximum atomic E-state index is 13.6. The molecule has 1 amide bonds. The van der Waals surface area contributed by atoms with Crippen molar-refractivity contribution >= 4 is 11.6 Å². The van der Waals surface area contributed by atoms with Crippen LogP contribution in [-0.4, -0.2) is 5.91 Å². The molecule has 0 saturated carbocycles. The van der Waals surface area contributed by atoms with Crippen molar-refractivity contribution in [2.75, 3.05) is 5.32 Å². The zero-order valence-electron chi connectivity index (χ0n) is 19.2. The van der Waals surface area contributed by atoms with Gasteiger partial charge in [0, 0.05) is 5.69 Å². The Hall–Kier alpha value is -3.59. The van der Waals surface area contributed by atoms with Gasteiger partial charge in [-0.05, 0) is 61.1 Å². The number of carbonyl (C=O) groups excluding carboxylic acids is 1. The second-order valence-electron chi connectivity index (χ2n) is 8.60. The van der Waals surface area contributed by atoms with E-state index in [1.165, 1.54) is 11.1 Å². The van der Waals surface area contributed by atoms with Crippen LogP contribution in [0.5, 0.6) is 0 Å². The topological polar surface area (TPSA) is 133 Å². The fraction of sp³-hybridized carbons (Fsp3) is 0.143. The molecular weight excluding hydrogens is 482 g/mol. The molecule has 0 unspecified atom stereocenters. The van der Waals surface area contributed by atoms with Gasteiger partial charge in [-0.3, -0.25) is 4.79 Å². The molecule has 0 saturated heterocycles. The Balaban J connectivity index is 0.000000489. The number of benzene rings is 3. The first kappa shape index (κ1) is 24.1. The average Bonchev–Trinajstić information content (AvgIpc) is 2.86. The van der Waals surface area contributed by atoms with Crippen molar-refractivity contribution in [3.05, 3.63) is 107 Å². The van der Waals surface area contributed by atoms with Crippen LogP contribution in [0.1, 0.15) is 32.6 Å². The van der Waals surface area contributed by atoms with Crippen LogP contribution >= 0.6 is 0 Å². The molecule has 1 heterocycles. The van der Waals surface area contributed by atoms with Crippen molar-refractivity contribution in [2.24, 2.45) is 0 Å². The van der Waals surface area contributed by atoms with Crippen molar-refractivity contribution in [1.82, 2.24) is 0 Å². The number of hydrogen-bond donors (Lipinski definition) is 1. The maximum absolute atomic E-state index is 13.6. The molecule has 2 aliphatic rings. The Morgan fingerprint density at radius 1 is 0.667 bits per heavy atom. The first-order valence-electron chi connectivity index (χ1n) is 11.5. The van der Waals surface area contributed by atoms with Gasteiger partial charge in [-0.25, -0.2) is 23.1 Å². The zero-order chi connectivity index (χ0) is 25.3. The summed E-state index contributed by atoms with van der Waals surface area (Å²) >= 11 is 0. The number of amides is 1.